The van der Waals surface area contributed by atoms with Crippen molar-refractivity contribution in [2.24, 2.45) is 0 Å². The molecule has 0 aliphatic carbocycles. The first-order chi connectivity index (χ1) is 32.1. The van der Waals surface area contributed by atoms with Gasteiger partial charge in [0.15, 0.2) is 0 Å². The second kappa shape index (κ2) is 13.2. The minimum atomic E-state index is -0.0374. The van der Waals surface area contributed by atoms with Crippen molar-refractivity contribution in [3.63, 3.8) is 0 Å². The first kappa shape index (κ1) is 38.0. The van der Waals surface area contributed by atoms with Crippen molar-refractivity contribution >= 4 is 113 Å². The van der Waals surface area contributed by atoms with Gasteiger partial charge in [-0.25, -0.2) is 0 Å². The van der Waals surface area contributed by atoms with E-state index in [4.69, 9.17) is 0 Å². The average molecular weight is 843 g/mol. The van der Waals surface area contributed by atoms with E-state index < -0.39 is 0 Å². The number of fused-ring (bicyclic) bond motifs is 8. The van der Waals surface area contributed by atoms with Gasteiger partial charge in [-0.05, 0) is 141 Å². The molecule has 0 unspecified atom stereocenters. The molecule has 0 atom stereocenters. The van der Waals surface area contributed by atoms with Gasteiger partial charge in [0.05, 0.1) is 0 Å². The Morgan fingerprint density at radius 2 is 0.848 bits per heavy atom. The molecule has 0 saturated heterocycles. The van der Waals surface area contributed by atoms with Gasteiger partial charge in [-0.15, -0.1) is 0 Å². The lowest BCUT2D eigenvalue weighted by Gasteiger charge is -2.47. The van der Waals surface area contributed by atoms with Crippen molar-refractivity contribution in [3.05, 3.63) is 193 Å². The predicted octanol–water partition coefficient (Wildman–Crippen LogP) is 12.3. The third-order valence-electron chi connectivity index (χ3n) is 15.5. The normalized spacial score (nSPS) is 14.1. The highest BCUT2D eigenvalue weighted by molar-refractivity contribution is 7.05. The van der Waals surface area contributed by atoms with E-state index in [0.29, 0.717) is 0 Å². The molecule has 0 radical (unpaired) electrons. The predicted molar refractivity (Wildman–Crippen MR) is 286 cm³/mol. The van der Waals surface area contributed by atoms with E-state index in [1.807, 2.05) is 0 Å². The Balaban J connectivity index is 1.25. The molecule has 4 aliphatic rings. The maximum Gasteiger partial charge on any atom is 0.248 e. The molecule has 0 aromatic heterocycles. The molecule has 14 rings (SSSR count). The van der Waals surface area contributed by atoms with Crippen LogP contribution in [0.2, 0.25) is 0 Å². The summed E-state index contributed by atoms with van der Waals surface area (Å²) in [7, 11) is 0. The molecule has 10 aromatic carbocycles. The Hall–Kier alpha value is -7.29. The van der Waals surface area contributed by atoms with Gasteiger partial charge in [-0.1, -0.05) is 192 Å². The van der Waals surface area contributed by atoms with Crippen LogP contribution in [0, 0.1) is 0 Å². The molecule has 4 aliphatic heterocycles. The Morgan fingerprint density at radius 3 is 1.44 bits per heavy atom. The van der Waals surface area contributed by atoms with E-state index in [1.165, 1.54) is 133 Å². The van der Waals surface area contributed by atoms with Crippen LogP contribution in [-0.2, 0) is 10.8 Å². The van der Waals surface area contributed by atoms with E-state index >= 15 is 0 Å². The summed E-state index contributed by atoms with van der Waals surface area (Å²) in [5.41, 5.74) is 23.9. The largest absolute Gasteiger partial charge is 0.311 e. The zero-order valence-corrected chi connectivity index (χ0v) is 38.4. The summed E-state index contributed by atoms with van der Waals surface area (Å²) < 4.78 is 0. The molecular formula is C62H48B2N2. The van der Waals surface area contributed by atoms with Crippen LogP contribution in [0.3, 0.4) is 0 Å². The first-order valence-electron chi connectivity index (χ1n) is 23.8. The van der Waals surface area contributed by atoms with Crippen LogP contribution in [0.5, 0.6) is 0 Å². The van der Waals surface area contributed by atoms with Crippen LogP contribution < -0.4 is 42.6 Å². The van der Waals surface area contributed by atoms with E-state index in [2.05, 4.69) is 233 Å². The fourth-order valence-electron chi connectivity index (χ4n) is 12.6. The van der Waals surface area contributed by atoms with Gasteiger partial charge in [-0.3, -0.25) is 0 Å². The fraction of sp³-hybridized carbons (Fsp3) is 0.129. The van der Waals surface area contributed by atoms with Gasteiger partial charge >= 0.3 is 0 Å². The smallest absolute Gasteiger partial charge is 0.248 e. The Bertz CT molecular complexity index is 3710. The van der Waals surface area contributed by atoms with Gasteiger partial charge in [-0.2, -0.15) is 0 Å². The summed E-state index contributed by atoms with van der Waals surface area (Å²) in [5.74, 6) is 0. The Labute approximate surface area is 388 Å². The molecule has 10 aromatic rings. The number of hydrogen-bond acceptors (Lipinski definition) is 2. The summed E-state index contributed by atoms with van der Waals surface area (Å²) in [6.07, 6.45) is 0. The standard InChI is InChI=1S/C62H48B2N2/c1-61(2,3)39-32-38(33-40(35-39)62(4,5)6)53-44-26-19-29-47-54(44)57-56-48(34-37-20-13-14-25-43(37)55(53)56)64-46-28-16-18-31-50(46)66(42-23-11-8-12-24-42)52-36-51-59(58(57)60(52)64)63(47)45-27-15-17-30-49(45)65(51)41-21-9-7-10-22-41/h7-36H,1-6H3. The summed E-state index contributed by atoms with van der Waals surface area (Å²) in [5, 5.41) is 8.12. The summed E-state index contributed by atoms with van der Waals surface area (Å²) in [4.78, 5) is 5.13. The van der Waals surface area contributed by atoms with Crippen LogP contribution in [0.4, 0.5) is 34.1 Å². The van der Waals surface area contributed by atoms with Crippen molar-refractivity contribution in [3.8, 4) is 22.3 Å². The van der Waals surface area contributed by atoms with Crippen LogP contribution >= 0.6 is 0 Å². The maximum atomic E-state index is 2.57. The number of rotatable bonds is 3. The molecule has 0 N–H and O–H groups in total. The van der Waals surface area contributed by atoms with E-state index in [9.17, 15) is 0 Å². The minimum absolute atomic E-state index is 0.0145. The van der Waals surface area contributed by atoms with Gasteiger partial charge in [0, 0.05) is 34.1 Å². The molecule has 0 fully saturated rings. The molecule has 0 amide bonds. The van der Waals surface area contributed by atoms with Gasteiger partial charge in [0.2, 0.25) is 13.4 Å². The van der Waals surface area contributed by atoms with Crippen molar-refractivity contribution in [1.29, 1.82) is 0 Å². The van der Waals surface area contributed by atoms with Crippen molar-refractivity contribution < 1.29 is 0 Å². The van der Waals surface area contributed by atoms with Crippen LogP contribution in [0.15, 0.2) is 182 Å². The van der Waals surface area contributed by atoms with Gasteiger partial charge in [0.1, 0.15) is 0 Å². The minimum Gasteiger partial charge on any atom is -0.311 e. The zero-order valence-electron chi connectivity index (χ0n) is 38.4. The summed E-state index contributed by atoms with van der Waals surface area (Å²) >= 11 is 0. The number of nitrogens with zero attached hydrogens (tertiary/aromatic N) is 2. The number of benzene rings is 10. The zero-order chi connectivity index (χ0) is 44.4. The van der Waals surface area contributed by atoms with Crippen molar-refractivity contribution in [1.82, 2.24) is 0 Å². The van der Waals surface area contributed by atoms with Gasteiger partial charge in [0.25, 0.3) is 0 Å². The monoisotopic (exact) mass is 842 g/mol. The topological polar surface area (TPSA) is 6.48 Å². The van der Waals surface area contributed by atoms with E-state index in [-0.39, 0.29) is 24.3 Å². The first-order valence-corrected chi connectivity index (χ1v) is 23.8. The number of para-hydroxylation sites is 4. The van der Waals surface area contributed by atoms with Crippen molar-refractivity contribution in [2.45, 2.75) is 52.4 Å². The molecule has 66 heavy (non-hydrogen) atoms. The van der Waals surface area contributed by atoms with Gasteiger partial charge < -0.3 is 9.80 Å². The van der Waals surface area contributed by atoms with Crippen LogP contribution in [0.1, 0.15) is 52.7 Å². The molecule has 0 bridgehead atoms. The Morgan fingerprint density at radius 1 is 0.348 bits per heavy atom. The molecular weight excluding hydrogens is 794 g/mol. The lowest BCUT2D eigenvalue weighted by Crippen LogP contribution is -2.66. The SMILES string of the molecule is CC(C)(C)c1cc(-c2c3cccc4c3c3c5c(cc6ccccc6c25)B2c5ccccc5N(c5ccccc5)c5cc6c(c-3c52)B4c2ccccc2N6c2ccccc2)cc(C(C)(C)C)c1. The third-order valence-corrected chi connectivity index (χ3v) is 15.5. The maximum absolute atomic E-state index is 2.57. The second-order valence-electron chi connectivity index (χ2n) is 21.2. The second-order valence-corrected chi connectivity index (χ2v) is 21.2. The fourth-order valence-corrected chi connectivity index (χ4v) is 12.6. The highest BCUT2D eigenvalue weighted by atomic mass is 15.2. The highest BCUT2D eigenvalue weighted by Gasteiger charge is 2.50. The molecule has 4 heteroatoms. The van der Waals surface area contributed by atoms with E-state index in [1.54, 1.807) is 0 Å². The lowest BCUT2D eigenvalue weighted by molar-refractivity contribution is 0.569. The number of hydrogen-bond donors (Lipinski definition) is 0. The average Bonchev–Trinajstić information content (AvgIpc) is 3.33. The van der Waals surface area contributed by atoms with Crippen molar-refractivity contribution in [2.75, 3.05) is 9.80 Å². The van der Waals surface area contributed by atoms with E-state index in [0.717, 1.165) is 0 Å². The molecule has 4 heterocycles. The van der Waals surface area contributed by atoms with Crippen LogP contribution in [-0.4, -0.2) is 13.4 Å². The summed E-state index contributed by atoms with van der Waals surface area (Å²) in [6.45, 7) is 14.3. The molecule has 312 valence electrons. The number of anilines is 6. The van der Waals surface area contributed by atoms with Crippen LogP contribution in [0.25, 0.3) is 54.6 Å². The quantitative estimate of drug-likeness (QED) is 0.0993. The Kier molecular flexibility index (Phi) is 7.59. The molecule has 2 nitrogen and oxygen atoms in total. The molecule has 0 saturated carbocycles. The highest BCUT2D eigenvalue weighted by Crippen LogP contribution is 2.53. The molecule has 0 spiro atoms. The lowest BCUT2D eigenvalue weighted by atomic mass is 9.26. The third kappa shape index (κ3) is 5.00. The summed E-state index contributed by atoms with van der Waals surface area (Å²) in [6, 6.07) is 69.8.